The highest BCUT2D eigenvalue weighted by Crippen LogP contribution is 2.26. The molecule has 1 aliphatic rings. The number of rotatable bonds is 8. The van der Waals surface area contributed by atoms with Crippen LogP contribution in [-0.2, 0) is 29.5 Å². The number of anilines is 1. The first kappa shape index (κ1) is 22.0. The van der Waals surface area contributed by atoms with Gasteiger partial charge in [0.2, 0.25) is 5.91 Å². The Hall–Kier alpha value is -3.29. The number of nitrogen functional groups attached to an aromatic ring is 1. The molecule has 0 unspecified atom stereocenters. The summed E-state index contributed by atoms with van der Waals surface area (Å²) >= 11 is 1.02. The van der Waals surface area contributed by atoms with E-state index in [9.17, 15) is 27.4 Å². The van der Waals surface area contributed by atoms with E-state index in [2.05, 4.69) is 25.6 Å². The first-order valence-corrected chi connectivity index (χ1v) is 9.95. The second-order valence-electron chi connectivity index (χ2n) is 5.46. The smallest absolute Gasteiger partial charge is 0.362 e. The predicted molar refractivity (Wildman–Crippen MR) is 97.4 cm³/mol. The molecule has 29 heavy (non-hydrogen) atoms. The summed E-state index contributed by atoms with van der Waals surface area (Å²) < 4.78 is 32.1. The Balaban J connectivity index is 2.22. The van der Waals surface area contributed by atoms with Gasteiger partial charge in [0.1, 0.15) is 25.4 Å². The van der Waals surface area contributed by atoms with Crippen molar-refractivity contribution in [3.8, 4) is 6.07 Å². The third kappa shape index (κ3) is 4.96. The number of nitrogens with zero attached hydrogens (tertiary/aromatic N) is 4. The van der Waals surface area contributed by atoms with Crippen molar-refractivity contribution in [2.24, 2.45) is 5.16 Å². The van der Waals surface area contributed by atoms with E-state index in [4.69, 9.17) is 11.0 Å². The van der Waals surface area contributed by atoms with E-state index in [1.165, 1.54) is 12.5 Å². The quantitative estimate of drug-likeness (QED) is 0.109. The molecular formula is C13H15N7O7S2. The second kappa shape index (κ2) is 8.81. The summed E-state index contributed by atoms with van der Waals surface area (Å²) in [6.45, 7) is -0.349. The van der Waals surface area contributed by atoms with Crippen LogP contribution in [0.25, 0.3) is 0 Å². The molecule has 14 nitrogen and oxygen atoms in total. The van der Waals surface area contributed by atoms with Crippen LogP contribution in [0.15, 0.2) is 10.5 Å². The van der Waals surface area contributed by atoms with Crippen LogP contribution >= 0.6 is 11.3 Å². The zero-order chi connectivity index (χ0) is 21.8. The summed E-state index contributed by atoms with van der Waals surface area (Å²) in [5.41, 5.74) is 5.22. The first-order chi connectivity index (χ1) is 13.6. The number of oxime groups is 1. The number of thiazole rings is 1. The van der Waals surface area contributed by atoms with Gasteiger partial charge >= 0.3 is 10.3 Å². The van der Waals surface area contributed by atoms with Crippen molar-refractivity contribution in [2.75, 3.05) is 19.4 Å². The highest BCUT2D eigenvalue weighted by atomic mass is 32.2. The molecule has 3 amide bonds. The molecule has 1 saturated heterocycles. The third-order valence-electron chi connectivity index (χ3n) is 3.63. The van der Waals surface area contributed by atoms with Gasteiger partial charge in [0.25, 0.3) is 11.8 Å². The van der Waals surface area contributed by atoms with Crippen LogP contribution in [-0.4, -0.2) is 71.4 Å². The number of carbonyl (C=O) groups is 3. The van der Waals surface area contributed by atoms with Gasteiger partial charge in [-0.1, -0.05) is 5.16 Å². The predicted octanol–water partition coefficient (Wildman–Crippen LogP) is -2.40. The molecule has 16 heteroatoms. The van der Waals surface area contributed by atoms with Crippen molar-refractivity contribution in [1.82, 2.24) is 19.9 Å². The first-order valence-electron chi connectivity index (χ1n) is 7.67. The number of amides is 3. The fraction of sp³-hybridized carbons (Fsp3) is 0.385. The summed E-state index contributed by atoms with van der Waals surface area (Å²) in [6, 6.07) is -1.22. The monoisotopic (exact) mass is 445 g/mol. The summed E-state index contributed by atoms with van der Waals surface area (Å²) in [5, 5.41) is 18.0. The van der Waals surface area contributed by atoms with Crippen LogP contribution in [0, 0.1) is 11.3 Å². The number of hydrogen-bond donors (Lipinski definition) is 4. The van der Waals surface area contributed by atoms with Crippen LogP contribution < -0.4 is 16.4 Å². The van der Waals surface area contributed by atoms with E-state index in [0.29, 0.717) is 0 Å². The van der Waals surface area contributed by atoms with E-state index in [1.807, 2.05) is 0 Å². The van der Waals surface area contributed by atoms with Crippen molar-refractivity contribution in [3.05, 3.63) is 11.1 Å². The molecule has 1 aromatic heterocycles. The van der Waals surface area contributed by atoms with Crippen LogP contribution in [0.2, 0.25) is 0 Å². The maximum absolute atomic E-state index is 12.5. The topological polar surface area (TPSA) is 217 Å². The molecule has 0 saturated carbocycles. The van der Waals surface area contributed by atoms with Gasteiger partial charge in [-0.2, -0.15) is 13.7 Å². The zero-order valence-electron chi connectivity index (χ0n) is 14.7. The zero-order valence-corrected chi connectivity index (χ0v) is 16.4. The van der Waals surface area contributed by atoms with Gasteiger partial charge < -0.3 is 21.2 Å². The van der Waals surface area contributed by atoms with E-state index in [0.717, 1.165) is 11.3 Å². The maximum Gasteiger partial charge on any atom is 0.362 e. The minimum absolute atomic E-state index is 0.0496. The number of β-lactam (4-membered cyclic amide) rings is 1. The van der Waals surface area contributed by atoms with Gasteiger partial charge in [0.15, 0.2) is 10.8 Å². The van der Waals surface area contributed by atoms with Crippen LogP contribution in [0.5, 0.6) is 0 Å². The molecule has 1 aliphatic heterocycles. The number of nitriles is 1. The van der Waals surface area contributed by atoms with E-state index in [1.54, 1.807) is 6.07 Å². The molecule has 0 radical (unpaired) electrons. The van der Waals surface area contributed by atoms with E-state index < -0.39 is 46.5 Å². The lowest BCUT2D eigenvalue weighted by atomic mass is 9.94. The Morgan fingerprint density at radius 2 is 2.24 bits per heavy atom. The lowest BCUT2D eigenvalue weighted by Crippen LogP contribution is -2.72. The third-order valence-corrected chi connectivity index (χ3v) is 5.25. The molecule has 2 heterocycles. The normalized spacial score (nSPS) is 19.1. The summed E-state index contributed by atoms with van der Waals surface area (Å²) in [7, 11) is -3.81. The van der Waals surface area contributed by atoms with Crippen LogP contribution in [0.1, 0.15) is 12.1 Å². The van der Waals surface area contributed by atoms with Crippen LogP contribution in [0.3, 0.4) is 0 Å². The Morgan fingerprint density at radius 1 is 1.55 bits per heavy atom. The van der Waals surface area contributed by atoms with Crippen molar-refractivity contribution in [1.29, 1.82) is 5.26 Å². The second-order valence-corrected chi connectivity index (χ2v) is 7.64. The minimum Gasteiger partial charge on any atom is -0.398 e. The molecule has 2 rings (SSSR count). The lowest BCUT2D eigenvalue weighted by molar-refractivity contribution is -0.146. The van der Waals surface area contributed by atoms with Gasteiger partial charge in [-0.25, -0.2) is 9.29 Å². The van der Waals surface area contributed by atoms with Crippen molar-refractivity contribution in [2.45, 2.75) is 18.5 Å². The van der Waals surface area contributed by atoms with Crippen molar-refractivity contribution >= 4 is 50.2 Å². The molecular weight excluding hydrogens is 430 g/mol. The molecule has 0 aromatic carbocycles. The summed E-state index contributed by atoms with van der Waals surface area (Å²) in [4.78, 5) is 45.0. The van der Waals surface area contributed by atoms with Gasteiger partial charge in [0, 0.05) is 5.38 Å². The fourth-order valence-corrected chi connectivity index (χ4v) is 3.89. The number of aromatic nitrogens is 1. The van der Waals surface area contributed by atoms with Crippen molar-refractivity contribution < 1.29 is 32.2 Å². The molecule has 0 bridgehead atoms. The van der Waals surface area contributed by atoms with Gasteiger partial charge in [0.05, 0.1) is 18.5 Å². The van der Waals surface area contributed by atoms with Crippen LogP contribution in [0.4, 0.5) is 5.13 Å². The molecule has 0 aliphatic carbocycles. The Labute approximate surface area is 168 Å². The Morgan fingerprint density at radius 3 is 2.76 bits per heavy atom. The van der Waals surface area contributed by atoms with Gasteiger partial charge in [-0.3, -0.25) is 18.9 Å². The molecule has 0 spiro atoms. The number of nitrogens with two attached hydrogens (primary N) is 1. The summed E-state index contributed by atoms with van der Waals surface area (Å²) in [5.74, 6) is -2.88. The summed E-state index contributed by atoms with van der Waals surface area (Å²) in [6.07, 6.45) is -0.599. The Bertz CT molecular complexity index is 997. The van der Waals surface area contributed by atoms with E-state index in [-0.39, 0.29) is 27.4 Å². The minimum atomic E-state index is -4.97. The van der Waals surface area contributed by atoms with Crippen molar-refractivity contribution in [3.63, 3.8) is 0 Å². The highest BCUT2D eigenvalue weighted by molar-refractivity contribution is 7.84. The average molecular weight is 445 g/mol. The molecule has 5 N–H and O–H groups in total. The highest BCUT2D eigenvalue weighted by Gasteiger charge is 2.54. The van der Waals surface area contributed by atoms with E-state index >= 15 is 0 Å². The molecule has 156 valence electrons. The Kier molecular flexibility index (Phi) is 6.68. The largest absolute Gasteiger partial charge is 0.398 e. The number of nitrogens with one attached hydrogen (secondary N) is 2. The van der Waals surface area contributed by atoms with Gasteiger partial charge in [-0.05, 0) is 0 Å². The molecule has 1 aromatic rings. The average Bonchev–Trinajstić information content (AvgIpc) is 3.06. The SMILES string of the molecule is CO/N=C(\C(=O)N[C@@H]1C(=O)N(S(=O)(=O)O)[C@H]1CC(=O)NCC#N)c1csc(N)n1. The van der Waals surface area contributed by atoms with Gasteiger partial charge in [-0.15, -0.1) is 11.3 Å². The maximum atomic E-state index is 12.5. The molecule has 1 fully saturated rings. The molecule has 2 atom stereocenters. The number of hydrogen-bond acceptors (Lipinski definition) is 11. The standard InChI is InChI=1S/C13H15N7O7S2/c1-27-19-9(6-5-28-13(15)17-6)11(22)18-10-7(4-8(21)16-3-2-14)20(12(10)23)29(24,25)26/h5,7,10H,3-4H2,1H3,(H2,15,17)(H,16,21)(H,18,22)(H,24,25,26)/b19-9-/t7-,10-/m0/s1. The lowest BCUT2D eigenvalue weighted by Gasteiger charge is -2.43. The number of carbonyl (C=O) groups excluding carboxylic acids is 3. The fourth-order valence-electron chi connectivity index (χ4n) is 2.46.